The number of aryl methyl sites for hydroxylation is 1. The zero-order valence-corrected chi connectivity index (χ0v) is 13.4. The number of ether oxygens (including phenoxy) is 1. The van der Waals surface area contributed by atoms with E-state index in [1.807, 2.05) is 27.1 Å². The molecule has 1 rings (SSSR count). The zero-order chi connectivity index (χ0) is 15.7. The highest BCUT2D eigenvalue weighted by atomic mass is 16.5. The second-order valence-corrected chi connectivity index (χ2v) is 4.95. The quantitative estimate of drug-likeness (QED) is 0.235. The Hall–Kier alpha value is -1.79. The van der Waals surface area contributed by atoms with Gasteiger partial charge in [-0.25, -0.2) is 5.84 Å². The lowest BCUT2D eigenvalue weighted by molar-refractivity contribution is 0.146. The lowest BCUT2D eigenvalue weighted by atomic mass is 10.1. The third-order valence-corrected chi connectivity index (χ3v) is 3.01. The Kier molecular flexibility index (Phi) is 7.56. The number of hydrazine groups is 1. The summed E-state index contributed by atoms with van der Waals surface area (Å²) in [7, 11) is 4.05. The topological polar surface area (TPSA) is 74.9 Å². The summed E-state index contributed by atoms with van der Waals surface area (Å²) < 4.78 is 5.28. The van der Waals surface area contributed by atoms with E-state index in [4.69, 9.17) is 10.6 Å². The van der Waals surface area contributed by atoms with Gasteiger partial charge in [-0.1, -0.05) is 6.07 Å². The van der Waals surface area contributed by atoms with Crippen LogP contribution in [0.5, 0.6) is 0 Å². The van der Waals surface area contributed by atoms with Crippen molar-refractivity contribution >= 4 is 17.3 Å². The fourth-order valence-corrected chi connectivity index (χ4v) is 1.93. The van der Waals surface area contributed by atoms with E-state index in [1.54, 1.807) is 0 Å². The lowest BCUT2D eigenvalue weighted by Gasteiger charge is -2.18. The number of anilines is 2. The molecule has 6 nitrogen and oxygen atoms in total. The number of hydrogen-bond acceptors (Lipinski definition) is 4. The van der Waals surface area contributed by atoms with Crippen molar-refractivity contribution in [2.75, 3.05) is 44.1 Å². The van der Waals surface area contributed by atoms with Gasteiger partial charge in [-0.05, 0) is 38.0 Å². The van der Waals surface area contributed by atoms with E-state index in [2.05, 4.69) is 39.7 Å². The van der Waals surface area contributed by atoms with Gasteiger partial charge >= 0.3 is 0 Å². The Balaban J connectivity index is 2.64. The molecule has 21 heavy (non-hydrogen) atoms. The van der Waals surface area contributed by atoms with Crippen LogP contribution in [0.1, 0.15) is 18.9 Å². The van der Waals surface area contributed by atoms with Gasteiger partial charge in [0.25, 0.3) is 0 Å². The highest BCUT2D eigenvalue weighted by Gasteiger charge is 2.04. The maximum absolute atomic E-state index is 5.50. The average molecular weight is 293 g/mol. The van der Waals surface area contributed by atoms with Crippen molar-refractivity contribution < 1.29 is 4.74 Å². The molecule has 118 valence electrons. The van der Waals surface area contributed by atoms with Crippen molar-refractivity contribution in [3.05, 3.63) is 23.8 Å². The van der Waals surface area contributed by atoms with Gasteiger partial charge in [-0.3, -0.25) is 10.4 Å². The van der Waals surface area contributed by atoms with Crippen LogP contribution in [-0.4, -0.2) is 39.8 Å². The molecule has 0 saturated heterocycles. The molecule has 0 saturated carbocycles. The molecule has 1 aromatic carbocycles. The summed E-state index contributed by atoms with van der Waals surface area (Å²) >= 11 is 0. The number of nitrogens with two attached hydrogens (primary N) is 1. The summed E-state index contributed by atoms with van der Waals surface area (Å²) in [5.41, 5.74) is 5.92. The number of nitrogens with zero attached hydrogens (tertiary/aromatic N) is 2. The van der Waals surface area contributed by atoms with Gasteiger partial charge in [0.05, 0.1) is 0 Å². The SMILES string of the molecule is CCOCCCN=C(NN)Nc1ccc(C)c(N(C)C)c1. The molecule has 6 heteroatoms. The Morgan fingerprint density at radius 3 is 2.76 bits per heavy atom. The fourth-order valence-electron chi connectivity index (χ4n) is 1.93. The summed E-state index contributed by atoms with van der Waals surface area (Å²) in [6.45, 7) is 6.19. The van der Waals surface area contributed by atoms with Gasteiger partial charge in [0.15, 0.2) is 0 Å². The maximum Gasteiger partial charge on any atom is 0.210 e. The van der Waals surface area contributed by atoms with Crippen molar-refractivity contribution in [1.29, 1.82) is 0 Å². The maximum atomic E-state index is 5.50. The van der Waals surface area contributed by atoms with Crippen molar-refractivity contribution in [2.24, 2.45) is 10.8 Å². The third-order valence-electron chi connectivity index (χ3n) is 3.01. The first-order chi connectivity index (χ1) is 10.1. The van der Waals surface area contributed by atoms with E-state index in [-0.39, 0.29) is 0 Å². The van der Waals surface area contributed by atoms with Gasteiger partial charge in [0.1, 0.15) is 0 Å². The smallest absolute Gasteiger partial charge is 0.210 e. The number of aliphatic imine (C=N–C) groups is 1. The number of hydrogen-bond donors (Lipinski definition) is 3. The minimum atomic E-state index is 0.556. The van der Waals surface area contributed by atoms with E-state index in [1.165, 1.54) is 5.56 Å². The molecule has 1 aromatic rings. The van der Waals surface area contributed by atoms with Crippen molar-refractivity contribution in [2.45, 2.75) is 20.3 Å². The van der Waals surface area contributed by atoms with Gasteiger partial charge in [0, 0.05) is 45.2 Å². The summed E-state index contributed by atoms with van der Waals surface area (Å²) in [4.78, 5) is 6.46. The molecule has 0 aliphatic heterocycles. The van der Waals surface area contributed by atoms with Gasteiger partial charge in [-0.15, -0.1) is 0 Å². The Morgan fingerprint density at radius 1 is 1.38 bits per heavy atom. The normalized spacial score (nSPS) is 11.4. The van der Waals surface area contributed by atoms with Gasteiger partial charge in [0.2, 0.25) is 5.96 Å². The molecule has 0 aliphatic rings. The largest absolute Gasteiger partial charge is 0.382 e. The molecule has 0 bridgehead atoms. The molecule has 0 aliphatic carbocycles. The molecular weight excluding hydrogens is 266 g/mol. The van der Waals surface area contributed by atoms with Crippen LogP contribution in [-0.2, 0) is 4.74 Å². The number of benzene rings is 1. The van der Waals surface area contributed by atoms with Crippen LogP contribution in [0, 0.1) is 6.92 Å². The highest BCUT2D eigenvalue weighted by Crippen LogP contribution is 2.22. The second kappa shape index (κ2) is 9.20. The fraction of sp³-hybridized carbons (Fsp3) is 0.533. The number of guanidine groups is 1. The Labute approximate surface area is 127 Å². The van der Waals surface area contributed by atoms with Crippen molar-refractivity contribution in [3.63, 3.8) is 0 Å². The average Bonchev–Trinajstić information content (AvgIpc) is 2.47. The Bertz CT molecular complexity index is 459. The molecule has 0 heterocycles. The highest BCUT2D eigenvalue weighted by molar-refractivity contribution is 5.93. The molecule has 0 amide bonds. The minimum Gasteiger partial charge on any atom is -0.382 e. The molecule has 0 unspecified atom stereocenters. The van der Waals surface area contributed by atoms with E-state index in [0.717, 1.165) is 24.4 Å². The first-order valence-electron chi connectivity index (χ1n) is 7.22. The van der Waals surface area contributed by atoms with Gasteiger partial charge in [-0.2, -0.15) is 0 Å². The zero-order valence-electron chi connectivity index (χ0n) is 13.4. The van der Waals surface area contributed by atoms with Crippen LogP contribution in [0.2, 0.25) is 0 Å². The van der Waals surface area contributed by atoms with Gasteiger partial charge < -0.3 is 15.0 Å². The molecule has 0 radical (unpaired) electrons. The first-order valence-corrected chi connectivity index (χ1v) is 7.22. The van der Waals surface area contributed by atoms with Crippen molar-refractivity contribution in [3.8, 4) is 0 Å². The van der Waals surface area contributed by atoms with Crippen LogP contribution >= 0.6 is 0 Å². The molecule has 0 fully saturated rings. The Morgan fingerprint density at radius 2 is 2.14 bits per heavy atom. The van der Waals surface area contributed by atoms with Crippen LogP contribution < -0.4 is 21.5 Å². The van der Waals surface area contributed by atoms with Crippen LogP contribution in [0.4, 0.5) is 11.4 Å². The molecule has 0 atom stereocenters. The van der Waals surface area contributed by atoms with Crippen LogP contribution in [0.25, 0.3) is 0 Å². The molecule has 0 aromatic heterocycles. The summed E-state index contributed by atoms with van der Waals surface area (Å²) in [6.07, 6.45) is 0.873. The second-order valence-electron chi connectivity index (χ2n) is 4.95. The lowest BCUT2D eigenvalue weighted by Crippen LogP contribution is -2.36. The summed E-state index contributed by atoms with van der Waals surface area (Å²) in [5, 5.41) is 3.19. The monoisotopic (exact) mass is 293 g/mol. The summed E-state index contributed by atoms with van der Waals surface area (Å²) in [6, 6.07) is 6.15. The van der Waals surface area contributed by atoms with Crippen LogP contribution in [0.15, 0.2) is 23.2 Å². The molecule has 4 N–H and O–H groups in total. The third kappa shape index (κ3) is 6.01. The van der Waals surface area contributed by atoms with E-state index in [9.17, 15) is 0 Å². The minimum absolute atomic E-state index is 0.556. The standard InChI is InChI=1S/C15H27N5O/c1-5-21-10-6-9-17-15(19-16)18-13-8-7-12(2)14(11-13)20(3)4/h7-8,11H,5-6,9-10,16H2,1-4H3,(H2,17,18,19). The molecular formula is C15H27N5O. The summed E-state index contributed by atoms with van der Waals surface area (Å²) in [5.74, 6) is 6.06. The van der Waals surface area contributed by atoms with E-state index in [0.29, 0.717) is 19.1 Å². The number of nitrogens with one attached hydrogen (secondary N) is 2. The molecule has 0 spiro atoms. The van der Waals surface area contributed by atoms with Crippen LogP contribution in [0.3, 0.4) is 0 Å². The van der Waals surface area contributed by atoms with E-state index < -0.39 is 0 Å². The van der Waals surface area contributed by atoms with Crippen molar-refractivity contribution in [1.82, 2.24) is 5.43 Å². The van der Waals surface area contributed by atoms with E-state index >= 15 is 0 Å². The number of rotatable bonds is 7. The predicted octanol–water partition coefficient (Wildman–Crippen LogP) is 1.72. The first kappa shape index (κ1) is 17.3. The predicted molar refractivity (Wildman–Crippen MR) is 89.9 cm³/mol.